The number of hydrogen-bond acceptors (Lipinski definition) is 0. The fourth-order valence-electron chi connectivity index (χ4n) is 7.46. The second-order valence-electron chi connectivity index (χ2n) is 9.53. The summed E-state index contributed by atoms with van der Waals surface area (Å²) < 4.78 is 0. The second kappa shape index (κ2) is 5.57. The SMILES string of the molecule is CC(C1CC2CCCC3CCCC1C32)C1(C)CCCCC1. The molecule has 4 rings (SSSR count). The van der Waals surface area contributed by atoms with Crippen LogP contribution < -0.4 is 0 Å². The average Bonchev–Trinajstić information content (AvgIpc) is 2.89. The number of rotatable bonds is 2. The van der Waals surface area contributed by atoms with Gasteiger partial charge in [-0.2, -0.15) is 0 Å². The Morgan fingerprint density at radius 2 is 1.48 bits per heavy atom. The predicted molar refractivity (Wildman–Crippen MR) is 90.1 cm³/mol. The van der Waals surface area contributed by atoms with Gasteiger partial charge in [0, 0.05) is 0 Å². The highest BCUT2D eigenvalue weighted by atomic mass is 14.6. The van der Waals surface area contributed by atoms with Gasteiger partial charge in [0.1, 0.15) is 0 Å². The lowest BCUT2D eigenvalue weighted by Crippen LogP contribution is -2.38. The summed E-state index contributed by atoms with van der Waals surface area (Å²) in [4.78, 5) is 0. The van der Waals surface area contributed by atoms with Gasteiger partial charge >= 0.3 is 0 Å². The van der Waals surface area contributed by atoms with Gasteiger partial charge in [-0.15, -0.1) is 0 Å². The Morgan fingerprint density at radius 3 is 2.24 bits per heavy atom. The first kappa shape index (κ1) is 14.6. The molecule has 0 aromatic carbocycles. The maximum Gasteiger partial charge on any atom is -0.0297 e. The smallest absolute Gasteiger partial charge is 0.0297 e. The molecule has 0 aliphatic heterocycles. The van der Waals surface area contributed by atoms with Crippen molar-refractivity contribution in [1.82, 2.24) is 0 Å². The Morgan fingerprint density at radius 1 is 0.810 bits per heavy atom. The zero-order valence-corrected chi connectivity index (χ0v) is 14.4. The predicted octanol–water partition coefficient (Wildman–Crippen LogP) is 6.45. The van der Waals surface area contributed by atoms with Crippen molar-refractivity contribution in [2.75, 3.05) is 0 Å². The monoisotopic (exact) mass is 288 g/mol. The van der Waals surface area contributed by atoms with Gasteiger partial charge in [-0.25, -0.2) is 0 Å². The summed E-state index contributed by atoms with van der Waals surface area (Å²) in [6, 6.07) is 0. The fourth-order valence-corrected chi connectivity index (χ4v) is 7.46. The molecule has 0 saturated heterocycles. The molecule has 21 heavy (non-hydrogen) atoms. The van der Waals surface area contributed by atoms with Crippen molar-refractivity contribution in [1.29, 1.82) is 0 Å². The van der Waals surface area contributed by atoms with Crippen molar-refractivity contribution in [2.45, 2.75) is 90.9 Å². The summed E-state index contributed by atoms with van der Waals surface area (Å²) in [5.41, 5.74) is 0.684. The Labute approximate surface area is 132 Å². The molecule has 0 aromatic heterocycles. The lowest BCUT2D eigenvalue weighted by atomic mass is 9.59. The molecule has 0 nitrogen and oxygen atoms in total. The third-order valence-corrected chi connectivity index (χ3v) is 8.71. The van der Waals surface area contributed by atoms with E-state index in [-0.39, 0.29) is 0 Å². The van der Waals surface area contributed by atoms with Gasteiger partial charge in [-0.1, -0.05) is 65.2 Å². The minimum absolute atomic E-state index is 0.684. The van der Waals surface area contributed by atoms with Crippen LogP contribution in [-0.4, -0.2) is 0 Å². The molecule has 4 aliphatic rings. The minimum Gasteiger partial charge on any atom is -0.0617 e. The summed E-state index contributed by atoms with van der Waals surface area (Å²) in [5.74, 6) is 6.64. The van der Waals surface area contributed by atoms with E-state index in [1.165, 1.54) is 32.1 Å². The first-order chi connectivity index (χ1) is 10.2. The minimum atomic E-state index is 0.684. The van der Waals surface area contributed by atoms with Gasteiger partial charge < -0.3 is 0 Å². The van der Waals surface area contributed by atoms with Crippen LogP contribution in [0.5, 0.6) is 0 Å². The molecule has 0 bridgehead atoms. The van der Waals surface area contributed by atoms with Crippen molar-refractivity contribution in [3.05, 3.63) is 0 Å². The van der Waals surface area contributed by atoms with Crippen LogP contribution in [0.25, 0.3) is 0 Å². The van der Waals surface area contributed by atoms with Gasteiger partial charge in [0.15, 0.2) is 0 Å². The Bertz CT molecular complexity index is 362. The van der Waals surface area contributed by atoms with E-state index in [0.717, 1.165) is 35.5 Å². The van der Waals surface area contributed by atoms with Crippen LogP contribution >= 0.6 is 0 Å². The highest BCUT2D eigenvalue weighted by Gasteiger charge is 2.52. The summed E-state index contributed by atoms with van der Waals surface area (Å²) in [6.45, 7) is 5.32. The lowest BCUT2D eigenvalue weighted by Gasteiger charge is -2.46. The van der Waals surface area contributed by atoms with Crippen molar-refractivity contribution in [3.63, 3.8) is 0 Å². The lowest BCUT2D eigenvalue weighted by molar-refractivity contribution is 0.0350. The zero-order chi connectivity index (χ0) is 14.4. The molecule has 0 radical (unpaired) electrons. The third kappa shape index (κ3) is 2.40. The Kier molecular flexibility index (Phi) is 3.87. The van der Waals surface area contributed by atoms with E-state index >= 15 is 0 Å². The van der Waals surface area contributed by atoms with Gasteiger partial charge in [0.05, 0.1) is 0 Å². The third-order valence-electron chi connectivity index (χ3n) is 8.71. The van der Waals surface area contributed by atoms with Crippen LogP contribution in [0.2, 0.25) is 0 Å². The molecule has 4 aliphatic carbocycles. The quantitative estimate of drug-likeness (QED) is 0.548. The maximum atomic E-state index is 2.66. The van der Waals surface area contributed by atoms with Gasteiger partial charge in [-0.3, -0.25) is 0 Å². The highest BCUT2D eigenvalue weighted by Crippen LogP contribution is 2.61. The molecule has 120 valence electrons. The maximum absolute atomic E-state index is 2.66. The molecule has 4 saturated carbocycles. The van der Waals surface area contributed by atoms with E-state index < -0.39 is 0 Å². The van der Waals surface area contributed by atoms with E-state index in [1.807, 2.05) is 0 Å². The Balaban J connectivity index is 1.54. The summed E-state index contributed by atoms with van der Waals surface area (Å²) in [7, 11) is 0. The summed E-state index contributed by atoms with van der Waals surface area (Å²) in [5, 5.41) is 0. The largest absolute Gasteiger partial charge is 0.0617 e. The molecule has 0 aromatic rings. The van der Waals surface area contributed by atoms with Crippen molar-refractivity contribution < 1.29 is 0 Å². The van der Waals surface area contributed by atoms with Crippen molar-refractivity contribution in [2.24, 2.45) is 40.9 Å². The van der Waals surface area contributed by atoms with E-state index in [2.05, 4.69) is 13.8 Å². The first-order valence-corrected chi connectivity index (χ1v) is 10.2. The van der Waals surface area contributed by atoms with Crippen LogP contribution in [-0.2, 0) is 0 Å². The molecule has 0 heterocycles. The number of hydrogen-bond donors (Lipinski definition) is 0. The van der Waals surface area contributed by atoms with Gasteiger partial charge in [-0.05, 0) is 66.6 Å². The molecule has 0 spiro atoms. The highest BCUT2D eigenvalue weighted by molar-refractivity contribution is 5.02. The van der Waals surface area contributed by atoms with E-state index in [1.54, 1.807) is 44.9 Å². The fraction of sp³-hybridized carbons (Fsp3) is 1.00. The standard InChI is InChI=1S/C21H36/c1-15(21(2)12-4-3-5-13-21)19-14-17-10-6-8-16-9-7-11-18(19)20(16)17/h15-20H,3-14H2,1-2H3. The summed E-state index contributed by atoms with van der Waals surface area (Å²) >= 11 is 0. The molecular formula is C21H36. The average molecular weight is 289 g/mol. The topological polar surface area (TPSA) is 0 Å². The van der Waals surface area contributed by atoms with Gasteiger partial charge in [0.25, 0.3) is 0 Å². The van der Waals surface area contributed by atoms with E-state index in [4.69, 9.17) is 0 Å². The van der Waals surface area contributed by atoms with Crippen molar-refractivity contribution in [3.8, 4) is 0 Å². The molecule has 0 N–H and O–H groups in total. The molecule has 6 unspecified atom stereocenters. The molecule has 6 atom stereocenters. The molecule has 0 heteroatoms. The molecular weight excluding hydrogens is 252 g/mol. The second-order valence-corrected chi connectivity index (χ2v) is 9.53. The van der Waals surface area contributed by atoms with Crippen LogP contribution in [0.4, 0.5) is 0 Å². The first-order valence-electron chi connectivity index (χ1n) is 10.2. The zero-order valence-electron chi connectivity index (χ0n) is 14.4. The van der Waals surface area contributed by atoms with Crippen LogP contribution in [0.1, 0.15) is 90.9 Å². The summed E-state index contributed by atoms with van der Waals surface area (Å²) in [6.07, 6.45) is 18.6. The van der Waals surface area contributed by atoms with Crippen molar-refractivity contribution >= 4 is 0 Å². The Hall–Kier alpha value is 0. The van der Waals surface area contributed by atoms with E-state index in [9.17, 15) is 0 Å². The van der Waals surface area contributed by atoms with Crippen LogP contribution in [0, 0.1) is 40.9 Å². The molecule has 4 fully saturated rings. The van der Waals surface area contributed by atoms with Gasteiger partial charge in [0.2, 0.25) is 0 Å². The van der Waals surface area contributed by atoms with Crippen LogP contribution in [0.3, 0.4) is 0 Å². The van der Waals surface area contributed by atoms with Crippen LogP contribution in [0.15, 0.2) is 0 Å². The molecule has 0 amide bonds. The van der Waals surface area contributed by atoms with E-state index in [0.29, 0.717) is 5.41 Å². The normalized spacial score (nSPS) is 46.9.